The molecule has 0 aliphatic carbocycles. The lowest BCUT2D eigenvalue weighted by Crippen LogP contribution is -2.49. The number of nitrogens with zero attached hydrogens (tertiary/aromatic N) is 5. The Labute approximate surface area is 183 Å². The van der Waals surface area contributed by atoms with Gasteiger partial charge in [0, 0.05) is 44.5 Å². The summed E-state index contributed by atoms with van der Waals surface area (Å²) >= 11 is 0. The molecule has 0 atom stereocenters. The molecule has 1 N–H and O–H groups in total. The van der Waals surface area contributed by atoms with Crippen molar-refractivity contribution in [2.75, 3.05) is 36.4 Å². The van der Waals surface area contributed by atoms with E-state index in [0.717, 1.165) is 5.82 Å². The molecular weight excluding hydrogens is 408 g/mol. The van der Waals surface area contributed by atoms with Crippen LogP contribution in [0.3, 0.4) is 0 Å². The van der Waals surface area contributed by atoms with E-state index in [1.807, 2.05) is 24.3 Å². The molecule has 1 amide bonds. The number of amides is 1. The van der Waals surface area contributed by atoms with Crippen LogP contribution in [0.15, 0.2) is 76.3 Å². The van der Waals surface area contributed by atoms with Gasteiger partial charge in [-0.25, -0.2) is 15.0 Å². The van der Waals surface area contributed by atoms with Crippen molar-refractivity contribution < 1.29 is 9.21 Å². The number of hydrogen-bond donors (Lipinski definition) is 1. The Morgan fingerprint density at radius 2 is 1.72 bits per heavy atom. The zero-order valence-electron chi connectivity index (χ0n) is 17.1. The molecule has 1 aromatic carbocycles. The molecule has 0 spiro atoms. The van der Waals surface area contributed by atoms with Gasteiger partial charge in [0.15, 0.2) is 11.2 Å². The van der Waals surface area contributed by atoms with Gasteiger partial charge in [-0.15, -0.1) is 0 Å². The topological polar surface area (TPSA) is 104 Å². The van der Waals surface area contributed by atoms with E-state index in [9.17, 15) is 9.59 Å². The van der Waals surface area contributed by atoms with Crippen LogP contribution >= 0.6 is 0 Å². The number of rotatable bonds is 4. The van der Waals surface area contributed by atoms with Gasteiger partial charge < -0.3 is 19.5 Å². The van der Waals surface area contributed by atoms with E-state index < -0.39 is 0 Å². The van der Waals surface area contributed by atoms with Crippen molar-refractivity contribution in [3.63, 3.8) is 0 Å². The maximum atomic E-state index is 12.9. The van der Waals surface area contributed by atoms with Crippen molar-refractivity contribution >= 4 is 34.3 Å². The van der Waals surface area contributed by atoms with E-state index in [1.165, 1.54) is 12.4 Å². The monoisotopic (exact) mass is 428 g/mol. The Morgan fingerprint density at radius 3 is 2.53 bits per heavy atom. The number of para-hydroxylation sites is 1. The second-order valence-electron chi connectivity index (χ2n) is 7.35. The third-order valence-electron chi connectivity index (χ3n) is 5.31. The highest BCUT2D eigenvalue weighted by Gasteiger charge is 2.25. The van der Waals surface area contributed by atoms with E-state index in [4.69, 9.17) is 4.42 Å². The van der Waals surface area contributed by atoms with Crippen LogP contribution in [-0.4, -0.2) is 51.9 Å². The molecule has 32 heavy (non-hydrogen) atoms. The van der Waals surface area contributed by atoms with Crippen molar-refractivity contribution in [3.8, 4) is 0 Å². The Morgan fingerprint density at radius 1 is 0.906 bits per heavy atom. The summed E-state index contributed by atoms with van der Waals surface area (Å²) in [6.45, 7) is 2.18. The van der Waals surface area contributed by atoms with E-state index in [1.54, 1.807) is 35.4 Å². The summed E-state index contributed by atoms with van der Waals surface area (Å²) in [7, 11) is 0. The lowest BCUT2D eigenvalue weighted by atomic mass is 10.2. The largest absolute Gasteiger partial charge is 0.451 e. The number of carbonyl (C=O) groups is 1. The van der Waals surface area contributed by atoms with E-state index >= 15 is 0 Å². The fraction of sp³-hybridized carbons (Fsp3) is 0.174. The SMILES string of the molecule is O=C(c1cc(=O)c2ccccc2o1)N1CCN(c2cc(Nc3ccccn3)ncn2)CC1. The van der Waals surface area contributed by atoms with Crippen LogP contribution in [-0.2, 0) is 0 Å². The molecule has 1 saturated heterocycles. The maximum Gasteiger partial charge on any atom is 0.289 e. The zero-order chi connectivity index (χ0) is 21.9. The lowest BCUT2D eigenvalue weighted by molar-refractivity contribution is 0.0715. The van der Waals surface area contributed by atoms with Gasteiger partial charge in [0.1, 0.15) is 29.4 Å². The highest BCUT2D eigenvalue weighted by molar-refractivity contribution is 5.93. The van der Waals surface area contributed by atoms with Crippen LogP contribution in [0.25, 0.3) is 11.0 Å². The third-order valence-corrected chi connectivity index (χ3v) is 5.31. The number of piperazine rings is 1. The molecule has 4 heterocycles. The average Bonchev–Trinajstić information content (AvgIpc) is 2.84. The molecule has 1 aliphatic heterocycles. The van der Waals surface area contributed by atoms with Gasteiger partial charge in [0.2, 0.25) is 0 Å². The number of hydrogen-bond acceptors (Lipinski definition) is 8. The minimum absolute atomic E-state index is 0.0611. The number of fused-ring (bicyclic) bond motifs is 1. The first-order valence-electron chi connectivity index (χ1n) is 10.2. The number of anilines is 3. The van der Waals surface area contributed by atoms with Crippen LogP contribution in [0, 0.1) is 0 Å². The molecule has 9 nitrogen and oxygen atoms in total. The Kier molecular flexibility index (Phi) is 5.20. The molecular formula is C23H20N6O3. The highest BCUT2D eigenvalue weighted by Crippen LogP contribution is 2.20. The summed E-state index contributed by atoms with van der Waals surface area (Å²) in [6, 6.07) is 15.7. The van der Waals surface area contributed by atoms with Gasteiger partial charge >= 0.3 is 0 Å². The van der Waals surface area contributed by atoms with Crippen molar-refractivity contribution in [1.82, 2.24) is 19.9 Å². The normalized spacial score (nSPS) is 13.9. The van der Waals surface area contributed by atoms with Gasteiger partial charge in [-0.05, 0) is 24.3 Å². The second-order valence-corrected chi connectivity index (χ2v) is 7.35. The number of benzene rings is 1. The minimum Gasteiger partial charge on any atom is -0.451 e. The van der Waals surface area contributed by atoms with Gasteiger partial charge in [-0.3, -0.25) is 9.59 Å². The van der Waals surface area contributed by atoms with E-state index in [2.05, 4.69) is 25.2 Å². The van der Waals surface area contributed by atoms with E-state index in [-0.39, 0.29) is 17.1 Å². The molecule has 5 rings (SSSR count). The number of nitrogens with one attached hydrogen (secondary N) is 1. The Balaban J connectivity index is 1.27. The second kappa shape index (κ2) is 8.46. The zero-order valence-corrected chi connectivity index (χ0v) is 17.1. The van der Waals surface area contributed by atoms with Gasteiger partial charge in [0.05, 0.1) is 5.39 Å². The Bertz CT molecular complexity index is 1320. The van der Waals surface area contributed by atoms with Gasteiger partial charge in [-0.2, -0.15) is 0 Å². The predicted octanol–water partition coefficient (Wildman–Crippen LogP) is 2.68. The van der Waals surface area contributed by atoms with Gasteiger partial charge in [-0.1, -0.05) is 18.2 Å². The molecule has 160 valence electrons. The van der Waals surface area contributed by atoms with Crippen LogP contribution in [0.4, 0.5) is 17.5 Å². The summed E-state index contributed by atoms with van der Waals surface area (Å²) in [5.74, 6) is 1.89. The van der Waals surface area contributed by atoms with Crippen LogP contribution < -0.4 is 15.6 Å². The number of pyridine rings is 1. The molecule has 1 aliphatic rings. The molecule has 0 saturated carbocycles. The lowest BCUT2D eigenvalue weighted by Gasteiger charge is -2.35. The highest BCUT2D eigenvalue weighted by atomic mass is 16.3. The average molecular weight is 428 g/mol. The molecule has 1 fully saturated rings. The molecule has 9 heteroatoms. The minimum atomic E-state index is -0.285. The Hall–Kier alpha value is -4.27. The molecule has 4 aromatic rings. The summed E-state index contributed by atoms with van der Waals surface area (Å²) in [5, 5.41) is 3.62. The first-order valence-corrected chi connectivity index (χ1v) is 10.2. The third kappa shape index (κ3) is 4.00. The van der Waals surface area contributed by atoms with Crippen LogP contribution in [0.2, 0.25) is 0 Å². The standard InChI is InChI=1S/C23H20N6O3/c30-17-13-19(32-18-6-2-1-5-16(17)18)23(31)29-11-9-28(10-12-29)22-14-21(25-15-26-22)27-20-7-3-4-8-24-20/h1-8,13-15H,9-12H2,(H,24,25,26,27). The van der Waals surface area contributed by atoms with Crippen LogP contribution in [0.1, 0.15) is 10.6 Å². The number of carbonyl (C=O) groups excluding carboxylic acids is 1. The first kappa shape index (κ1) is 19.7. The summed E-state index contributed by atoms with van der Waals surface area (Å²) in [5.41, 5.74) is 0.193. The van der Waals surface area contributed by atoms with Crippen molar-refractivity contribution in [2.45, 2.75) is 0 Å². The molecule has 0 bridgehead atoms. The smallest absolute Gasteiger partial charge is 0.289 e. The summed E-state index contributed by atoms with van der Waals surface area (Å²) < 4.78 is 5.70. The van der Waals surface area contributed by atoms with Gasteiger partial charge in [0.25, 0.3) is 5.91 Å². The van der Waals surface area contributed by atoms with Crippen molar-refractivity contribution in [2.24, 2.45) is 0 Å². The fourth-order valence-corrected chi connectivity index (χ4v) is 3.66. The number of aromatic nitrogens is 3. The van der Waals surface area contributed by atoms with Crippen molar-refractivity contribution in [1.29, 1.82) is 0 Å². The predicted molar refractivity (Wildman–Crippen MR) is 120 cm³/mol. The molecule has 3 aromatic heterocycles. The van der Waals surface area contributed by atoms with Crippen LogP contribution in [0.5, 0.6) is 0 Å². The first-order chi connectivity index (χ1) is 15.7. The quantitative estimate of drug-likeness (QED) is 0.529. The fourth-order valence-electron chi connectivity index (χ4n) is 3.66. The molecule has 0 unspecified atom stereocenters. The molecule has 0 radical (unpaired) electrons. The summed E-state index contributed by atoms with van der Waals surface area (Å²) in [6.07, 6.45) is 3.21. The maximum absolute atomic E-state index is 12.9. The van der Waals surface area contributed by atoms with Crippen molar-refractivity contribution in [3.05, 3.63) is 83.1 Å². The van der Waals surface area contributed by atoms with E-state index in [0.29, 0.717) is 48.8 Å². The summed E-state index contributed by atoms with van der Waals surface area (Å²) in [4.78, 5) is 41.9.